The second kappa shape index (κ2) is 4.53. The zero-order chi connectivity index (χ0) is 13.3. The maximum Gasteiger partial charge on any atom is 0.339 e. The molecule has 0 atom stereocenters. The van der Waals surface area contributed by atoms with Gasteiger partial charge in [0.1, 0.15) is 5.75 Å². The Morgan fingerprint density at radius 3 is 2.24 bits per heavy atom. The van der Waals surface area contributed by atoms with Gasteiger partial charge in [0.05, 0.1) is 5.56 Å². The zero-order valence-corrected chi connectivity index (χ0v) is 12.1. The first-order valence-electron chi connectivity index (χ1n) is 5.66. The lowest BCUT2D eigenvalue weighted by molar-refractivity contribution is 0.0694. The van der Waals surface area contributed by atoms with Crippen LogP contribution in [-0.2, 0) is 0 Å². The second-order valence-corrected chi connectivity index (χ2v) is 10.4. The number of rotatable bonds is 3. The van der Waals surface area contributed by atoms with Crippen molar-refractivity contribution >= 4 is 14.3 Å². The molecule has 0 aromatic heterocycles. The summed E-state index contributed by atoms with van der Waals surface area (Å²) < 4.78 is 6.02. The van der Waals surface area contributed by atoms with Gasteiger partial charge in [0, 0.05) is 0 Å². The average Bonchev–Trinajstić information content (AvgIpc) is 2.15. The summed E-state index contributed by atoms with van der Waals surface area (Å²) >= 11 is 0. The van der Waals surface area contributed by atoms with Gasteiger partial charge >= 0.3 is 5.97 Å². The van der Waals surface area contributed by atoms with E-state index < -0.39 is 14.3 Å². The van der Waals surface area contributed by atoms with E-state index in [4.69, 9.17) is 9.53 Å². The number of hydrogen-bond acceptors (Lipinski definition) is 2. The van der Waals surface area contributed by atoms with Crippen molar-refractivity contribution in [2.75, 3.05) is 0 Å². The lowest BCUT2D eigenvalue weighted by atomic mass is 10.2. The third kappa shape index (κ3) is 3.09. The molecule has 0 aliphatic heterocycles. The highest BCUT2D eigenvalue weighted by atomic mass is 28.4. The molecule has 1 aromatic rings. The largest absolute Gasteiger partial charge is 0.543 e. The molecule has 0 saturated carbocycles. The van der Waals surface area contributed by atoms with Crippen LogP contribution in [0.25, 0.3) is 0 Å². The Labute approximate surface area is 104 Å². The first-order chi connectivity index (χ1) is 7.65. The molecule has 0 radical (unpaired) electrons. The van der Waals surface area contributed by atoms with Crippen LogP contribution in [0.2, 0.25) is 18.1 Å². The van der Waals surface area contributed by atoms with Gasteiger partial charge in [-0.15, -0.1) is 0 Å². The first kappa shape index (κ1) is 13.8. The normalized spacial score (nSPS) is 12.3. The van der Waals surface area contributed by atoms with E-state index in [0.717, 1.165) is 0 Å². The van der Waals surface area contributed by atoms with E-state index in [1.54, 1.807) is 24.3 Å². The highest BCUT2D eigenvalue weighted by molar-refractivity contribution is 6.74. The third-order valence-electron chi connectivity index (χ3n) is 3.29. The van der Waals surface area contributed by atoms with Gasteiger partial charge in [-0.25, -0.2) is 4.79 Å². The van der Waals surface area contributed by atoms with Crippen molar-refractivity contribution in [2.24, 2.45) is 0 Å². The lowest BCUT2D eigenvalue weighted by Crippen LogP contribution is -2.44. The molecule has 94 valence electrons. The topological polar surface area (TPSA) is 46.5 Å². The summed E-state index contributed by atoms with van der Waals surface area (Å²) in [5, 5.41) is 9.15. The van der Waals surface area contributed by atoms with Gasteiger partial charge < -0.3 is 9.53 Å². The third-order valence-corrected chi connectivity index (χ3v) is 7.63. The fourth-order valence-corrected chi connectivity index (χ4v) is 2.19. The van der Waals surface area contributed by atoms with Crippen LogP contribution >= 0.6 is 0 Å². The minimum absolute atomic E-state index is 0.0542. The predicted octanol–water partition coefficient (Wildman–Crippen LogP) is 3.77. The summed E-state index contributed by atoms with van der Waals surface area (Å²) in [7, 11) is -1.99. The van der Waals surface area contributed by atoms with Crippen LogP contribution in [0.15, 0.2) is 24.3 Å². The number of para-hydroxylation sites is 1. The van der Waals surface area contributed by atoms with Gasteiger partial charge in [0.15, 0.2) is 0 Å². The molecule has 0 saturated heterocycles. The molecular formula is C13H20O3Si. The molecule has 17 heavy (non-hydrogen) atoms. The fourth-order valence-electron chi connectivity index (χ4n) is 1.16. The van der Waals surface area contributed by atoms with Crippen molar-refractivity contribution in [3.63, 3.8) is 0 Å². The molecule has 0 spiro atoms. The van der Waals surface area contributed by atoms with Crippen LogP contribution in [0.5, 0.6) is 5.75 Å². The number of benzene rings is 1. The van der Waals surface area contributed by atoms with Gasteiger partial charge in [-0.1, -0.05) is 32.9 Å². The molecule has 1 N–H and O–H groups in total. The Hall–Kier alpha value is -1.29. The summed E-state index contributed by atoms with van der Waals surface area (Å²) in [4.78, 5) is 11.1. The van der Waals surface area contributed by atoms with Gasteiger partial charge in [-0.2, -0.15) is 0 Å². The summed E-state index contributed by atoms with van der Waals surface area (Å²) in [6, 6.07) is 6.81. The summed E-state index contributed by atoms with van der Waals surface area (Å²) in [5.41, 5.74) is 0.234. The molecule has 0 heterocycles. The Kier molecular flexibility index (Phi) is 3.67. The van der Waals surface area contributed by atoms with E-state index in [-0.39, 0.29) is 10.6 Å². The average molecular weight is 252 g/mol. The Balaban J connectivity index is 3.08. The SMILES string of the molecule is CC(C)(C)[Si](C)(C)Oc1ccccc1C(=O)O. The van der Waals surface area contributed by atoms with Crippen molar-refractivity contribution < 1.29 is 14.3 Å². The summed E-state index contributed by atoms with van der Waals surface area (Å²) in [6.45, 7) is 10.6. The van der Waals surface area contributed by atoms with Gasteiger partial charge in [-0.3, -0.25) is 0 Å². The summed E-state index contributed by atoms with van der Waals surface area (Å²) in [6.07, 6.45) is 0. The molecule has 1 rings (SSSR count). The molecule has 4 heteroatoms. The van der Waals surface area contributed by atoms with Crippen LogP contribution in [-0.4, -0.2) is 19.4 Å². The highest BCUT2D eigenvalue weighted by Crippen LogP contribution is 2.38. The van der Waals surface area contributed by atoms with Gasteiger partial charge in [0.25, 0.3) is 8.32 Å². The minimum Gasteiger partial charge on any atom is -0.543 e. The Morgan fingerprint density at radius 1 is 1.24 bits per heavy atom. The molecule has 0 amide bonds. The fraction of sp³-hybridized carbons (Fsp3) is 0.462. The Morgan fingerprint density at radius 2 is 1.76 bits per heavy atom. The molecule has 1 aromatic carbocycles. The van der Waals surface area contributed by atoms with E-state index in [2.05, 4.69) is 33.9 Å². The second-order valence-electron chi connectivity index (χ2n) is 5.66. The molecule has 0 bridgehead atoms. The van der Waals surface area contributed by atoms with Gasteiger partial charge in [-0.05, 0) is 30.3 Å². The molecule has 0 fully saturated rings. The Bertz CT molecular complexity index is 419. The first-order valence-corrected chi connectivity index (χ1v) is 8.57. The number of hydrogen-bond donors (Lipinski definition) is 1. The van der Waals surface area contributed by atoms with E-state index in [1.165, 1.54) is 0 Å². The molecular weight excluding hydrogens is 232 g/mol. The van der Waals surface area contributed by atoms with E-state index in [0.29, 0.717) is 5.75 Å². The van der Waals surface area contributed by atoms with Crippen LogP contribution < -0.4 is 4.43 Å². The molecule has 0 aliphatic rings. The minimum atomic E-state index is -1.99. The standard InChI is InChI=1S/C13H20O3Si/c1-13(2,3)17(4,5)16-11-9-7-6-8-10(11)12(14)15/h6-9H,1-5H3,(H,14,15). The van der Waals surface area contributed by atoms with Crippen LogP contribution in [0.1, 0.15) is 31.1 Å². The quantitative estimate of drug-likeness (QED) is 0.833. The van der Waals surface area contributed by atoms with Crippen molar-refractivity contribution in [3.8, 4) is 5.75 Å². The van der Waals surface area contributed by atoms with Crippen molar-refractivity contribution in [1.29, 1.82) is 0 Å². The number of carboxylic acids is 1. The number of carbonyl (C=O) groups is 1. The van der Waals surface area contributed by atoms with Crippen LogP contribution in [0.4, 0.5) is 0 Å². The maximum absolute atomic E-state index is 11.1. The maximum atomic E-state index is 11.1. The lowest BCUT2D eigenvalue weighted by Gasteiger charge is -2.36. The van der Waals surface area contributed by atoms with Crippen molar-refractivity contribution in [3.05, 3.63) is 29.8 Å². The smallest absolute Gasteiger partial charge is 0.339 e. The van der Waals surface area contributed by atoms with Crippen molar-refractivity contribution in [1.82, 2.24) is 0 Å². The van der Waals surface area contributed by atoms with E-state index >= 15 is 0 Å². The number of carboxylic acid groups (broad SMARTS) is 1. The molecule has 0 aliphatic carbocycles. The van der Waals surface area contributed by atoms with Crippen LogP contribution in [0.3, 0.4) is 0 Å². The number of aromatic carboxylic acids is 1. The molecule has 0 unspecified atom stereocenters. The van der Waals surface area contributed by atoms with Crippen molar-refractivity contribution in [2.45, 2.75) is 38.9 Å². The summed E-state index contributed by atoms with van der Waals surface area (Å²) in [5.74, 6) is -0.467. The zero-order valence-electron chi connectivity index (χ0n) is 11.1. The van der Waals surface area contributed by atoms with Crippen LogP contribution in [0, 0.1) is 0 Å². The predicted molar refractivity (Wildman–Crippen MR) is 71.2 cm³/mol. The van der Waals surface area contributed by atoms with E-state index in [9.17, 15) is 4.79 Å². The molecule has 3 nitrogen and oxygen atoms in total. The highest BCUT2D eigenvalue weighted by Gasteiger charge is 2.39. The van der Waals surface area contributed by atoms with E-state index in [1.807, 2.05) is 0 Å². The van der Waals surface area contributed by atoms with Gasteiger partial charge in [0.2, 0.25) is 0 Å². The monoisotopic (exact) mass is 252 g/mol.